The molecule has 0 aliphatic rings. The lowest BCUT2D eigenvalue weighted by atomic mass is 10.2. The molecule has 1 aromatic carbocycles. The van der Waals surface area contributed by atoms with Gasteiger partial charge in [-0.15, -0.1) is 11.3 Å². The molecule has 7 heteroatoms. The Morgan fingerprint density at radius 1 is 1.19 bits per heavy atom. The zero-order chi connectivity index (χ0) is 14.9. The molecule has 0 spiro atoms. The van der Waals surface area contributed by atoms with Gasteiger partial charge in [0.2, 0.25) is 0 Å². The summed E-state index contributed by atoms with van der Waals surface area (Å²) in [5.74, 6) is 0. The molecule has 0 saturated carbocycles. The van der Waals surface area contributed by atoms with E-state index >= 15 is 0 Å². The van der Waals surface area contributed by atoms with Crippen LogP contribution >= 0.6 is 11.3 Å². The van der Waals surface area contributed by atoms with Crippen LogP contribution in [0, 0.1) is 0 Å². The normalized spacial score (nSPS) is 11.7. The smallest absolute Gasteiger partial charge is 0.263 e. The van der Waals surface area contributed by atoms with E-state index in [4.69, 9.17) is 5.73 Å². The maximum atomic E-state index is 12.5. The summed E-state index contributed by atoms with van der Waals surface area (Å²) >= 11 is 1.33. The minimum Gasteiger partial charge on any atom is -0.326 e. The fraction of sp³-hybridized carbons (Fsp3) is 0.0714. The van der Waals surface area contributed by atoms with Crippen molar-refractivity contribution < 1.29 is 8.42 Å². The highest BCUT2D eigenvalue weighted by atomic mass is 32.2. The van der Waals surface area contributed by atoms with Gasteiger partial charge in [0.05, 0.1) is 11.2 Å². The van der Waals surface area contributed by atoms with E-state index in [0.717, 1.165) is 10.9 Å². The van der Waals surface area contributed by atoms with E-state index in [1.165, 1.54) is 11.3 Å². The topological polar surface area (TPSA) is 85.1 Å². The van der Waals surface area contributed by atoms with Crippen LogP contribution in [0.3, 0.4) is 0 Å². The average molecular weight is 319 g/mol. The van der Waals surface area contributed by atoms with Gasteiger partial charge in [0.25, 0.3) is 10.0 Å². The Balaban J connectivity index is 2.06. The third-order valence-corrected chi connectivity index (χ3v) is 5.59. The van der Waals surface area contributed by atoms with Crippen LogP contribution < -0.4 is 10.5 Å². The van der Waals surface area contributed by atoms with Crippen LogP contribution in [0.2, 0.25) is 0 Å². The van der Waals surface area contributed by atoms with Gasteiger partial charge in [0.15, 0.2) is 0 Å². The molecule has 21 heavy (non-hydrogen) atoms. The van der Waals surface area contributed by atoms with E-state index in [-0.39, 0.29) is 11.4 Å². The Morgan fingerprint density at radius 3 is 2.86 bits per heavy atom. The number of pyridine rings is 1. The molecule has 2 heterocycles. The summed E-state index contributed by atoms with van der Waals surface area (Å²) in [6.07, 6.45) is 1.67. The number of anilines is 1. The summed E-state index contributed by atoms with van der Waals surface area (Å²) in [4.78, 5) is 5.09. The lowest BCUT2D eigenvalue weighted by Gasteiger charge is -2.10. The summed E-state index contributed by atoms with van der Waals surface area (Å²) in [7, 11) is -3.65. The molecular formula is C14H13N3O2S2. The number of fused-ring (bicyclic) bond motifs is 1. The van der Waals surface area contributed by atoms with Crippen molar-refractivity contribution in [1.29, 1.82) is 0 Å². The lowest BCUT2D eigenvalue weighted by Crippen LogP contribution is -2.15. The van der Waals surface area contributed by atoms with Crippen LogP contribution in [-0.4, -0.2) is 13.4 Å². The van der Waals surface area contributed by atoms with Crippen LogP contribution in [0.4, 0.5) is 5.69 Å². The summed E-state index contributed by atoms with van der Waals surface area (Å²) in [6.45, 7) is 0.199. The van der Waals surface area contributed by atoms with Crippen LogP contribution in [-0.2, 0) is 16.6 Å². The molecule has 2 aromatic heterocycles. The second-order valence-electron chi connectivity index (χ2n) is 4.39. The molecule has 0 fully saturated rings. The average Bonchev–Trinajstić information content (AvgIpc) is 2.97. The molecule has 0 bridgehead atoms. The second kappa shape index (κ2) is 5.44. The predicted molar refractivity (Wildman–Crippen MR) is 84.8 cm³/mol. The van der Waals surface area contributed by atoms with Gasteiger partial charge in [-0.2, -0.15) is 0 Å². The Morgan fingerprint density at radius 2 is 2.05 bits per heavy atom. The summed E-state index contributed by atoms with van der Waals surface area (Å²) in [6, 6.07) is 10.5. The SMILES string of the molecule is NCc1sccc1S(=O)(=O)Nc1cccc2ncccc12. The van der Waals surface area contributed by atoms with Gasteiger partial charge in [-0.1, -0.05) is 6.07 Å². The largest absolute Gasteiger partial charge is 0.326 e. The number of benzene rings is 1. The summed E-state index contributed by atoms with van der Waals surface area (Å²) in [5, 5.41) is 2.48. The van der Waals surface area contributed by atoms with Gasteiger partial charge >= 0.3 is 0 Å². The van der Waals surface area contributed by atoms with Crippen molar-refractivity contribution in [3.05, 3.63) is 52.9 Å². The van der Waals surface area contributed by atoms with Crippen LogP contribution in [0.25, 0.3) is 10.9 Å². The molecule has 0 radical (unpaired) electrons. The Labute approximate surface area is 126 Å². The Hall–Kier alpha value is -1.96. The molecular weight excluding hydrogens is 306 g/mol. The van der Waals surface area contributed by atoms with E-state index < -0.39 is 10.0 Å². The highest BCUT2D eigenvalue weighted by Crippen LogP contribution is 2.27. The van der Waals surface area contributed by atoms with Crippen molar-refractivity contribution in [3.8, 4) is 0 Å². The molecule has 0 aliphatic heterocycles. The predicted octanol–water partition coefficient (Wildman–Crippen LogP) is 2.56. The van der Waals surface area contributed by atoms with Crippen molar-refractivity contribution in [2.45, 2.75) is 11.4 Å². The second-order valence-corrected chi connectivity index (χ2v) is 7.04. The fourth-order valence-corrected chi connectivity index (χ4v) is 4.53. The molecule has 3 aromatic rings. The Kier molecular flexibility index (Phi) is 3.62. The van der Waals surface area contributed by atoms with Gasteiger partial charge in [-0.25, -0.2) is 8.42 Å². The van der Waals surface area contributed by atoms with Crippen molar-refractivity contribution >= 4 is 38.0 Å². The summed E-state index contributed by atoms with van der Waals surface area (Å²) < 4.78 is 27.6. The van der Waals surface area contributed by atoms with Crippen molar-refractivity contribution in [2.24, 2.45) is 5.73 Å². The maximum absolute atomic E-state index is 12.5. The van der Waals surface area contributed by atoms with Crippen LogP contribution in [0.15, 0.2) is 52.9 Å². The van der Waals surface area contributed by atoms with Crippen LogP contribution in [0.5, 0.6) is 0 Å². The highest BCUT2D eigenvalue weighted by Gasteiger charge is 2.20. The number of hydrogen-bond donors (Lipinski definition) is 2. The first kappa shape index (κ1) is 14.0. The molecule has 108 valence electrons. The molecule has 0 unspecified atom stereocenters. The van der Waals surface area contributed by atoms with E-state index in [1.807, 2.05) is 12.1 Å². The van der Waals surface area contributed by atoms with E-state index in [0.29, 0.717) is 10.6 Å². The standard InChI is InChI=1S/C14H13N3O2S2/c15-9-13-14(6-8-20-13)21(18,19)17-12-5-1-4-11-10(12)3-2-7-16-11/h1-8,17H,9,15H2. The van der Waals surface area contributed by atoms with Gasteiger partial charge in [0, 0.05) is 23.0 Å². The number of rotatable bonds is 4. The maximum Gasteiger partial charge on any atom is 0.263 e. The van der Waals surface area contributed by atoms with Crippen molar-refractivity contribution in [2.75, 3.05) is 4.72 Å². The third-order valence-electron chi connectivity index (χ3n) is 3.07. The van der Waals surface area contributed by atoms with Gasteiger partial charge < -0.3 is 5.73 Å². The van der Waals surface area contributed by atoms with Crippen molar-refractivity contribution in [3.63, 3.8) is 0 Å². The summed E-state index contributed by atoms with van der Waals surface area (Å²) in [5.41, 5.74) is 6.83. The molecule has 0 amide bonds. The number of hydrogen-bond acceptors (Lipinski definition) is 5. The number of nitrogens with one attached hydrogen (secondary N) is 1. The highest BCUT2D eigenvalue weighted by molar-refractivity contribution is 7.93. The van der Waals surface area contributed by atoms with E-state index in [2.05, 4.69) is 9.71 Å². The first-order chi connectivity index (χ1) is 10.1. The minimum atomic E-state index is -3.65. The zero-order valence-corrected chi connectivity index (χ0v) is 12.6. The van der Waals surface area contributed by atoms with E-state index in [9.17, 15) is 8.42 Å². The Bertz CT molecular complexity index is 883. The molecule has 5 nitrogen and oxygen atoms in total. The molecule has 0 atom stereocenters. The van der Waals surface area contributed by atoms with Crippen molar-refractivity contribution in [1.82, 2.24) is 4.98 Å². The van der Waals surface area contributed by atoms with Gasteiger partial charge in [-0.3, -0.25) is 9.71 Å². The number of aromatic nitrogens is 1. The fourth-order valence-electron chi connectivity index (χ4n) is 2.11. The third kappa shape index (κ3) is 2.63. The van der Waals surface area contributed by atoms with Crippen LogP contribution in [0.1, 0.15) is 4.88 Å². The molecule has 0 aliphatic carbocycles. The molecule has 0 saturated heterocycles. The number of nitrogens with two attached hydrogens (primary N) is 1. The first-order valence-electron chi connectivity index (χ1n) is 6.25. The van der Waals surface area contributed by atoms with Gasteiger partial charge in [0.1, 0.15) is 4.90 Å². The monoisotopic (exact) mass is 319 g/mol. The van der Waals surface area contributed by atoms with Gasteiger partial charge in [-0.05, 0) is 35.7 Å². The number of nitrogens with zero attached hydrogens (tertiary/aromatic N) is 1. The zero-order valence-electron chi connectivity index (χ0n) is 11.0. The first-order valence-corrected chi connectivity index (χ1v) is 8.61. The lowest BCUT2D eigenvalue weighted by molar-refractivity contribution is 0.600. The quantitative estimate of drug-likeness (QED) is 0.774. The minimum absolute atomic E-state index is 0.199. The molecule has 3 rings (SSSR count). The van der Waals surface area contributed by atoms with E-state index in [1.54, 1.807) is 35.8 Å². The molecule has 3 N–H and O–H groups in total. The number of thiophene rings is 1. The number of sulfonamides is 1.